The quantitative estimate of drug-likeness (QED) is 0.747. The highest BCUT2D eigenvalue weighted by molar-refractivity contribution is 5.86. The van der Waals surface area contributed by atoms with Crippen LogP contribution in [0, 0.1) is 0 Å². The summed E-state index contributed by atoms with van der Waals surface area (Å²) < 4.78 is 0. The molecule has 1 heterocycles. The van der Waals surface area contributed by atoms with Crippen molar-refractivity contribution in [2.75, 3.05) is 7.05 Å². The summed E-state index contributed by atoms with van der Waals surface area (Å²) in [6.07, 6.45) is 10.2. The zero-order chi connectivity index (χ0) is 14.4. The molecule has 0 aliphatic carbocycles. The van der Waals surface area contributed by atoms with Crippen molar-refractivity contribution in [1.29, 1.82) is 0 Å². The largest absolute Gasteiger partial charge is 0.343 e. The Hall–Kier alpha value is -2.35. The standard InChI is InChI=1S/C18H20N2/c1-4-17(12-19-3)18-11-10-15(2)20(14-18)13-16-8-6-5-7-9-16/h4-12,14H,2,13H2,1,3H3/b17-4+,19-12?. The van der Waals surface area contributed by atoms with E-state index >= 15 is 0 Å². The number of hydrogen-bond donors (Lipinski definition) is 0. The number of hydrogen-bond acceptors (Lipinski definition) is 2. The van der Waals surface area contributed by atoms with E-state index < -0.39 is 0 Å². The second-order valence-corrected chi connectivity index (χ2v) is 4.65. The Bertz CT molecular complexity index is 589. The highest BCUT2D eigenvalue weighted by Crippen LogP contribution is 2.22. The first-order valence-corrected chi connectivity index (χ1v) is 6.73. The van der Waals surface area contributed by atoms with E-state index in [1.54, 1.807) is 7.05 Å². The van der Waals surface area contributed by atoms with Gasteiger partial charge < -0.3 is 4.90 Å². The normalized spacial score (nSPS) is 15.9. The molecule has 0 spiro atoms. The van der Waals surface area contributed by atoms with Gasteiger partial charge in [-0.15, -0.1) is 0 Å². The number of rotatable bonds is 4. The predicted octanol–water partition coefficient (Wildman–Crippen LogP) is 4.10. The summed E-state index contributed by atoms with van der Waals surface area (Å²) >= 11 is 0. The fraction of sp³-hybridized carbons (Fsp3) is 0.167. The molecule has 20 heavy (non-hydrogen) atoms. The summed E-state index contributed by atoms with van der Waals surface area (Å²) in [6.45, 7) is 6.95. The van der Waals surface area contributed by atoms with E-state index in [0.29, 0.717) is 0 Å². The van der Waals surface area contributed by atoms with E-state index in [9.17, 15) is 0 Å². The van der Waals surface area contributed by atoms with E-state index in [4.69, 9.17) is 0 Å². The monoisotopic (exact) mass is 264 g/mol. The molecule has 2 nitrogen and oxygen atoms in total. The van der Waals surface area contributed by atoms with Gasteiger partial charge >= 0.3 is 0 Å². The zero-order valence-corrected chi connectivity index (χ0v) is 12.1. The van der Waals surface area contributed by atoms with Crippen molar-refractivity contribution in [3.8, 4) is 0 Å². The van der Waals surface area contributed by atoms with Crippen LogP contribution in [0.2, 0.25) is 0 Å². The molecule has 0 aromatic heterocycles. The smallest absolute Gasteiger partial charge is 0.0475 e. The van der Waals surface area contributed by atoms with Crippen LogP contribution in [0.4, 0.5) is 0 Å². The number of aliphatic imine (C=N–C) groups is 1. The van der Waals surface area contributed by atoms with Crippen LogP contribution in [0.25, 0.3) is 0 Å². The van der Waals surface area contributed by atoms with Crippen molar-refractivity contribution in [2.24, 2.45) is 4.99 Å². The lowest BCUT2D eigenvalue weighted by atomic mass is 10.0. The summed E-state index contributed by atoms with van der Waals surface area (Å²) in [4.78, 5) is 6.27. The molecule has 2 heteroatoms. The highest BCUT2D eigenvalue weighted by Gasteiger charge is 2.11. The Balaban J connectivity index is 2.22. The predicted molar refractivity (Wildman–Crippen MR) is 86.5 cm³/mol. The van der Waals surface area contributed by atoms with E-state index in [0.717, 1.165) is 23.4 Å². The van der Waals surface area contributed by atoms with Crippen molar-refractivity contribution < 1.29 is 0 Å². The lowest BCUT2D eigenvalue weighted by Crippen LogP contribution is -2.18. The maximum Gasteiger partial charge on any atom is 0.0475 e. The molecule has 1 aliphatic heterocycles. The Morgan fingerprint density at radius 2 is 2.00 bits per heavy atom. The van der Waals surface area contributed by atoms with Gasteiger partial charge in [-0.2, -0.15) is 0 Å². The van der Waals surface area contributed by atoms with E-state index in [1.807, 2.05) is 25.3 Å². The molecule has 0 radical (unpaired) electrons. The maximum atomic E-state index is 4.10. The SMILES string of the molecule is C=C1C=CC(/C(C=NC)=C/C)=CN1Cc1ccccc1. The number of benzene rings is 1. The lowest BCUT2D eigenvalue weighted by molar-refractivity contribution is 0.469. The van der Waals surface area contributed by atoms with Gasteiger partial charge in [0, 0.05) is 31.7 Å². The summed E-state index contributed by atoms with van der Waals surface area (Å²) in [6, 6.07) is 10.4. The van der Waals surface area contributed by atoms with Crippen LogP contribution >= 0.6 is 0 Å². The molecule has 2 rings (SSSR count). The Morgan fingerprint density at radius 3 is 2.65 bits per heavy atom. The molecule has 0 fully saturated rings. The van der Waals surface area contributed by atoms with Gasteiger partial charge in [0.1, 0.15) is 0 Å². The molecule has 102 valence electrons. The second kappa shape index (κ2) is 6.71. The van der Waals surface area contributed by atoms with Gasteiger partial charge in [0.15, 0.2) is 0 Å². The van der Waals surface area contributed by atoms with Crippen LogP contribution in [0.15, 0.2) is 83.2 Å². The third-order valence-electron chi connectivity index (χ3n) is 3.23. The third-order valence-corrected chi connectivity index (χ3v) is 3.23. The number of nitrogens with zero attached hydrogens (tertiary/aromatic N) is 2. The zero-order valence-electron chi connectivity index (χ0n) is 12.1. The van der Waals surface area contributed by atoms with Crippen molar-refractivity contribution in [2.45, 2.75) is 13.5 Å². The van der Waals surface area contributed by atoms with Gasteiger partial charge in [-0.1, -0.05) is 49.1 Å². The van der Waals surface area contributed by atoms with Gasteiger partial charge in [-0.05, 0) is 29.7 Å². The minimum absolute atomic E-state index is 0.827. The van der Waals surface area contributed by atoms with Gasteiger partial charge in [0.05, 0.1) is 0 Å². The van der Waals surface area contributed by atoms with Crippen LogP contribution in [0.3, 0.4) is 0 Å². The summed E-state index contributed by atoms with van der Waals surface area (Å²) in [5, 5.41) is 0. The molecule has 0 saturated heterocycles. The molecule has 1 aliphatic rings. The molecule has 1 aromatic rings. The van der Waals surface area contributed by atoms with E-state index in [1.165, 1.54) is 5.56 Å². The average Bonchev–Trinajstić information content (AvgIpc) is 2.48. The molecule has 0 atom stereocenters. The molecule has 0 unspecified atom stereocenters. The lowest BCUT2D eigenvalue weighted by Gasteiger charge is -2.25. The molecule has 0 N–H and O–H groups in total. The van der Waals surface area contributed by atoms with Crippen molar-refractivity contribution >= 4 is 6.21 Å². The Kier molecular flexibility index (Phi) is 4.72. The van der Waals surface area contributed by atoms with Crippen LogP contribution in [0.1, 0.15) is 12.5 Å². The maximum absolute atomic E-state index is 4.10. The topological polar surface area (TPSA) is 15.6 Å². The van der Waals surface area contributed by atoms with Crippen LogP contribution in [0.5, 0.6) is 0 Å². The molecule has 1 aromatic carbocycles. The van der Waals surface area contributed by atoms with Gasteiger partial charge in [0.25, 0.3) is 0 Å². The van der Waals surface area contributed by atoms with Crippen LogP contribution in [-0.4, -0.2) is 18.2 Å². The highest BCUT2D eigenvalue weighted by atomic mass is 15.1. The molecule has 0 bridgehead atoms. The fourth-order valence-electron chi connectivity index (χ4n) is 2.13. The minimum atomic E-state index is 0.827. The van der Waals surface area contributed by atoms with Crippen molar-refractivity contribution in [3.63, 3.8) is 0 Å². The molecule has 0 saturated carbocycles. The van der Waals surface area contributed by atoms with Gasteiger partial charge in [-0.25, -0.2) is 0 Å². The van der Waals surface area contributed by atoms with Gasteiger partial charge in [0.2, 0.25) is 0 Å². The fourth-order valence-corrected chi connectivity index (χ4v) is 2.13. The first-order chi connectivity index (χ1) is 9.74. The van der Waals surface area contributed by atoms with Crippen LogP contribution < -0.4 is 0 Å². The van der Waals surface area contributed by atoms with Crippen molar-refractivity contribution in [1.82, 2.24) is 4.90 Å². The van der Waals surface area contributed by atoms with Gasteiger partial charge in [-0.3, -0.25) is 4.99 Å². The summed E-state index contributed by atoms with van der Waals surface area (Å²) in [5.74, 6) is 0. The van der Waals surface area contributed by atoms with E-state index in [2.05, 4.69) is 59.1 Å². The minimum Gasteiger partial charge on any atom is -0.343 e. The Morgan fingerprint density at radius 1 is 1.25 bits per heavy atom. The molecular weight excluding hydrogens is 244 g/mol. The summed E-state index contributed by atoms with van der Waals surface area (Å²) in [5.41, 5.74) is 4.54. The first-order valence-electron chi connectivity index (χ1n) is 6.73. The van der Waals surface area contributed by atoms with Crippen molar-refractivity contribution in [3.05, 3.63) is 83.7 Å². The Labute approximate surface area is 121 Å². The molecular formula is C18H20N2. The van der Waals surface area contributed by atoms with E-state index in [-0.39, 0.29) is 0 Å². The third kappa shape index (κ3) is 3.35. The first kappa shape index (κ1) is 14.1. The van der Waals surface area contributed by atoms with Crippen LogP contribution in [-0.2, 0) is 6.54 Å². The summed E-state index contributed by atoms with van der Waals surface area (Å²) in [7, 11) is 1.79. The second-order valence-electron chi connectivity index (χ2n) is 4.65. The average molecular weight is 264 g/mol. The number of allylic oxidation sites excluding steroid dienone is 5. The molecule has 0 amide bonds.